The number of hydrogen-bond donors (Lipinski definition) is 1. The van der Waals surface area contributed by atoms with E-state index in [-0.39, 0.29) is 5.91 Å². The third-order valence-corrected chi connectivity index (χ3v) is 4.72. The molecule has 0 radical (unpaired) electrons. The first-order valence-corrected chi connectivity index (χ1v) is 9.55. The van der Waals surface area contributed by atoms with Crippen molar-refractivity contribution in [1.29, 1.82) is 0 Å². The first kappa shape index (κ1) is 18.9. The molecule has 0 fully saturated rings. The van der Waals surface area contributed by atoms with Crippen LogP contribution in [-0.2, 0) is 4.79 Å². The van der Waals surface area contributed by atoms with Crippen molar-refractivity contribution in [3.63, 3.8) is 0 Å². The Bertz CT molecular complexity index is 1240. The van der Waals surface area contributed by atoms with Crippen LogP contribution in [-0.4, -0.2) is 20.7 Å². The van der Waals surface area contributed by atoms with Crippen LogP contribution in [0.3, 0.4) is 0 Å². The summed E-state index contributed by atoms with van der Waals surface area (Å²) < 4.78 is 1.65. The van der Waals surface area contributed by atoms with Gasteiger partial charge in [-0.3, -0.25) is 4.79 Å². The molecule has 0 spiro atoms. The summed E-state index contributed by atoms with van der Waals surface area (Å²) in [6.07, 6.45) is 3.19. The van der Waals surface area contributed by atoms with Crippen LogP contribution in [0.1, 0.15) is 16.8 Å². The van der Waals surface area contributed by atoms with Gasteiger partial charge in [0.2, 0.25) is 5.91 Å². The van der Waals surface area contributed by atoms with Crippen molar-refractivity contribution in [1.82, 2.24) is 14.8 Å². The van der Waals surface area contributed by atoms with Crippen LogP contribution in [0.25, 0.3) is 22.8 Å². The Kier molecular flexibility index (Phi) is 5.14. The molecular weight excluding hydrogens is 384 g/mol. The smallest absolute Gasteiger partial charge is 0.249 e. The number of benzene rings is 2. The minimum Gasteiger partial charge on any atom is -0.307 e. The van der Waals surface area contributed by atoms with Crippen molar-refractivity contribution in [3.8, 4) is 5.82 Å². The normalized spacial score (nSPS) is 11.3. The summed E-state index contributed by atoms with van der Waals surface area (Å²) >= 11 is 5.98. The fraction of sp³-hybridized carbons (Fsp3) is 0.0870. The summed E-state index contributed by atoms with van der Waals surface area (Å²) in [5.74, 6) is 0.956. The molecule has 6 heteroatoms. The van der Waals surface area contributed by atoms with E-state index in [2.05, 4.69) is 10.4 Å². The lowest BCUT2D eigenvalue weighted by atomic mass is 10.1. The minimum absolute atomic E-state index is 0.261. The molecule has 2 aromatic carbocycles. The van der Waals surface area contributed by atoms with E-state index in [1.807, 2.05) is 62.4 Å². The van der Waals surface area contributed by atoms with E-state index in [1.165, 1.54) is 6.08 Å². The third-order valence-electron chi connectivity index (χ3n) is 4.49. The van der Waals surface area contributed by atoms with Crippen LogP contribution in [0.5, 0.6) is 0 Å². The Labute approximate surface area is 173 Å². The highest BCUT2D eigenvalue weighted by molar-refractivity contribution is 6.30. The van der Waals surface area contributed by atoms with Gasteiger partial charge < -0.3 is 5.32 Å². The number of carbonyl (C=O) groups excluding carboxylic acids is 1. The van der Waals surface area contributed by atoms with Gasteiger partial charge in [-0.2, -0.15) is 9.78 Å². The molecule has 1 N–H and O–H groups in total. The number of para-hydroxylation sites is 1. The molecule has 0 atom stereocenters. The molecule has 0 saturated heterocycles. The van der Waals surface area contributed by atoms with E-state index in [4.69, 9.17) is 16.6 Å². The Hall–Kier alpha value is -3.44. The summed E-state index contributed by atoms with van der Waals surface area (Å²) in [5, 5.41) is 9.11. The maximum absolute atomic E-state index is 12.5. The zero-order valence-electron chi connectivity index (χ0n) is 16.1. The maximum atomic E-state index is 12.5. The van der Waals surface area contributed by atoms with Gasteiger partial charge in [0.15, 0.2) is 5.82 Å². The van der Waals surface area contributed by atoms with Gasteiger partial charge in [0.25, 0.3) is 0 Å². The number of hydrogen-bond acceptors (Lipinski definition) is 3. The monoisotopic (exact) mass is 402 g/mol. The van der Waals surface area contributed by atoms with Gasteiger partial charge in [-0.25, -0.2) is 4.98 Å². The number of halogens is 1. The molecule has 5 nitrogen and oxygen atoms in total. The summed E-state index contributed by atoms with van der Waals surface area (Å²) in [6, 6.07) is 19.0. The zero-order chi connectivity index (χ0) is 20.4. The number of anilines is 1. The molecule has 0 saturated carbocycles. The molecule has 0 bridgehead atoms. The fourth-order valence-electron chi connectivity index (χ4n) is 3.15. The Morgan fingerprint density at radius 1 is 1.07 bits per heavy atom. The quantitative estimate of drug-likeness (QED) is 0.468. The fourth-order valence-corrected chi connectivity index (χ4v) is 3.35. The van der Waals surface area contributed by atoms with Gasteiger partial charge in [-0.05, 0) is 55.3 Å². The lowest BCUT2D eigenvalue weighted by Crippen LogP contribution is -2.13. The first-order chi connectivity index (χ1) is 14.0. The molecule has 0 aliphatic carbocycles. The number of rotatable bonds is 4. The standard InChI is InChI=1S/C23H19ClN4O/c1-15-12-21(25-20-9-4-3-8-19(15)20)28-22(13-16(2)27-28)26-23(29)11-10-17-6-5-7-18(24)14-17/h3-14H,1-2H3,(H,26,29)/b11-10+. The summed E-state index contributed by atoms with van der Waals surface area (Å²) in [4.78, 5) is 17.2. The van der Waals surface area contributed by atoms with E-state index < -0.39 is 0 Å². The number of fused-ring (bicyclic) bond motifs is 1. The van der Waals surface area contributed by atoms with E-state index in [1.54, 1.807) is 22.9 Å². The molecule has 29 heavy (non-hydrogen) atoms. The highest BCUT2D eigenvalue weighted by Crippen LogP contribution is 2.22. The number of aromatic nitrogens is 3. The molecule has 4 rings (SSSR count). The average Bonchev–Trinajstić information content (AvgIpc) is 3.06. The van der Waals surface area contributed by atoms with Crippen molar-refractivity contribution in [2.24, 2.45) is 0 Å². The Morgan fingerprint density at radius 3 is 2.72 bits per heavy atom. The molecule has 144 valence electrons. The molecule has 2 heterocycles. The van der Waals surface area contributed by atoms with Gasteiger partial charge in [-0.1, -0.05) is 41.9 Å². The number of aryl methyl sites for hydroxylation is 2. The number of nitrogens with one attached hydrogen (secondary N) is 1. The molecule has 0 aliphatic rings. The number of carbonyl (C=O) groups is 1. The number of nitrogens with zero attached hydrogens (tertiary/aromatic N) is 3. The first-order valence-electron chi connectivity index (χ1n) is 9.18. The minimum atomic E-state index is -0.261. The predicted molar refractivity (Wildman–Crippen MR) is 117 cm³/mol. The molecular formula is C23H19ClN4O. The lowest BCUT2D eigenvalue weighted by molar-refractivity contribution is -0.111. The second-order valence-electron chi connectivity index (χ2n) is 6.77. The summed E-state index contributed by atoms with van der Waals surface area (Å²) in [7, 11) is 0. The van der Waals surface area contributed by atoms with E-state index in [9.17, 15) is 4.79 Å². The van der Waals surface area contributed by atoms with Gasteiger partial charge in [-0.15, -0.1) is 0 Å². The van der Waals surface area contributed by atoms with Gasteiger partial charge in [0, 0.05) is 22.6 Å². The second-order valence-corrected chi connectivity index (χ2v) is 7.21. The van der Waals surface area contributed by atoms with Crippen molar-refractivity contribution in [2.45, 2.75) is 13.8 Å². The number of pyridine rings is 1. The van der Waals surface area contributed by atoms with Gasteiger partial charge in [0.05, 0.1) is 11.2 Å². The zero-order valence-corrected chi connectivity index (χ0v) is 16.8. The molecule has 0 unspecified atom stereocenters. The van der Waals surface area contributed by atoms with E-state index >= 15 is 0 Å². The SMILES string of the molecule is Cc1cc(NC(=O)/C=C/c2cccc(Cl)c2)n(-c2cc(C)c3ccccc3n2)n1. The Morgan fingerprint density at radius 2 is 1.90 bits per heavy atom. The summed E-state index contributed by atoms with van der Waals surface area (Å²) in [6.45, 7) is 3.91. The highest BCUT2D eigenvalue weighted by atomic mass is 35.5. The molecule has 2 aromatic heterocycles. The third kappa shape index (κ3) is 4.20. The van der Waals surface area contributed by atoms with E-state index in [0.717, 1.165) is 27.7 Å². The lowest BCUT2D eigenvalue weighted by Gasteiger charge is -2.10. The van der Waals surface area contributed by atoms with Crippen LogP contribution in [0.2, 0.25) is 5.02 Å². The second kappa shape index (κ2) is 7.89. The van der Waals surface area contributed by atoms with Crippen LogP contribution in [0.4, 0.5) is 5.82 Å². The van der Waals surface area contributed by atoms with Crippen molar-refractivity contribution >= 4 is 40.3 Å². The van der Waals surface area contributed by atoms with Gasteiger partial charge >= 0.3 is 0 Å². The Balaban J connectivity index is 1.63. The highest BCUT2D eigenvalue weighted by Gasteiger charge is 2.12. The maximum Gasteiger partial charge on any atom is 0.249 e. The van der Waals surface area contributed by atoms with Crippen molar-refractivity contribution in [3.05, 3.63) is 88.6 Å². The molecule has 4 aromatic rings. The predicted octanol–water partition coefficient (Wildman–Crippen LogP) is 5.34. The van der Waals surface area contributed by atoms with Crippen molar-refractivity contribution in [2.75, 3.05) is 5.32 Å². The van der Waals surface area contributed by atoms with Crippen LogP contribution in [0, 0.1) is 13.8 Å². The van der Waals surface area contributed by atoms with Crippen LogP contribution >= 0.6 is 11.6 Å². The molecule has 0 aliphatic heterocycles. The number of amides is 1. The van der Waals surface area contributed by atoms with E-state index in [0.29, 0.717) is 16.7 Å². The average molecular weight is 403 g/mol. The van der Waals surface area contributed by atoms with Crippen molar-refractivity contribution < 1.29 is 4.79 Å². The van der Waals surface area contributed by atoms with Gasteiger partial charge in [0.1, 0.15) is 5.82 Å². The topological polar surface area (TPSA) is 59.8 Å². The largest absolute Gasteiger partial charge is 0.307 e. The van der Waals surface area contributed by atoms with Crippen LogP contribution in [0.15, 0.2) is 66.7 Å². The molecule has 1 amide bonds. The summed E-state index contributed by atoms with van der Waals surface area (Å²) in [5.41, 5.74) is 3.61. The van der Waals surface area contributed by atoms with Crippen LogP contribution < -0.4 is 5.32 Å².